The normalized spacial score (nSPS) is 10.5. The molecule has 6 heteroatoms. The summed E-state index contributed by atoms with van der Waals surface area (Å²) in [6.07, 6.45) is 2.03. The van der Waals surface area contributed by atoms with E-state index in [0.29, 0.717) is 18.2 Å². The van der Waals surface area contributed by atoms with Gasteiger partial charge in [0.1, 0.15) is 4.99 Å². The SMILES string of the molecule is COCCOCCCCNc1cc(Br)ccc1C(N)=S. The Morgan fingerprint density at radius 3 is 2.80 bits per heavy atom. The van der Waals surface area contributed by atoms with Crippen molar-refractivity contribution in [1.82, 2.24) is 0 Å². The zero-order chi connectivity index (χ0) is 14.8. The van der Waals surface area contributed by atoms with E-state index < -0.39 is 0 Å². The number of unbranched alkanes of at least 4 members (excludes halogenated alkanes) is 1. The zero-order valence-electron chi connectivity index (χ0n) is 11.7. The van der Waals surface area contributed by atoms with E-state index >= 15 is 0 Å². The largest absolute Gasteiger partial charge is 0.389 e. The van der Waals surface area contributed by atoms with Gasteiger partial charge in [-0.1, -0.05) is 28.1 Å². The number of halogens is 1. The number of ether oxygens (including phenoxy) is 2. The van der Waals surface area contributed by atoms with E-state index in [9.17, 15) is 0 Å². The molecule has 0 saturated heterocycles. The first-order valence-corrected chi connectivity index (χ1v) is 7.75. The van der Waals surface area contributed by atoms with Gasteiger partial charge in [-0.25, -0.2) is 0 Å². The summed E-state index contributed by atoms with van der Waals surface area (Å²) in [5.41, 5.74) is 7.55. The molecule has 1 rings (SSSR count). The Morgan fingerprint density at radius 2 is 2.10 bits per heavy atom. The molecular formula is C14H21BrN2O2S. The van der Waals surface area contributed by atoms with Crippen LogP contribution in [0.2, 0.25) is 0 Å². The van der Waals surface area contributed by atoms with E-state index in [1.54, 1.807) is 7.11 Å². The van der Waals surface area contributed by atoms with Gasteiger partial charge in [0.25, 0.3) is 0 Å². The van der Waals surface area contributed by atoms with Crippen LogP contribution in [-0.2, 0) is 9.47 Å². The third-order valence-corrected chi connectivity index (χ3v) is 3.42. The Bertz CT molecular complexity index is 430. The van der Waals surface area contributed by atoms with Crippen LogP contribution in [0.15, 0.2) is 22.7 Å². The number of methoxy groups -OCH3 is 1. The minimum atomic E-state index is 0.405. The molecule has 1 aromatic carbocycles. The fraction of sp³-hybridized carbons (Fsp3) is 0.500. The molecule has 0 aliphatic carbocycles. The van der Waals surface area contributed by atoms with Crippen LogP contribution in [0.1, 0.15) is 18.4 Å². The Labute approximate surface area is 134 Å². The second-order valence-electron chi connectivity index (χ2n) is 4.29. The summed E-state index contributed by atoms with van der Waals surface area (Å²) in [5, 5.41) is 3.36. The van der Waals surface area contributed by atoms with Crippen molar-refractivity contribution >= 4 is 38.8 Å². The molecule has 0 aliphatic rings. The van der Waals surface area contributed by atoms with Gasteiger partial charge in [0.2, 0.25) is 0 Å². The van der Waals surface area contributed by atoms with Gasteiger partial charge < -0.3 is 20.5 Å². The molecule has 3 N–H and O–H groups in total. The van der Waals surface area contributed by atoms with Crippen molar-refractivity contribution in [3.05, 3.63) is 28.2 Å². The van der Waals surface area contributed by atoms with Crippen molar-refractivity contribution in [2.24, 2.45) is 5.73 Å². The molecule has 0 spiro atoms. The lowest BCUT2D eigenvalue weighted by Gasteiger charge is -2.11. The van der Waals surface area contributed by atoms with E-state index in [-0.39, 0.29) is 0 Å². The van der Waals surface area contributed by atoms with Crippen LogP contribution in [0.5, 0.6) is 0 Å². The van der Waals surface area contributed by atoms with Gasteiger partial charge in [-0.3, -0.25) is 0 Å². The lowest BCUT2D eigenvalue weighted by Crippen LogP contribution is -2.14. The number of thiocarbonyl (C=S) groups is 1. The number of benzene rings is 1. The van der Waals surface area contributed by atoms with Gasteiger partial charge in [-0.05, 0) is 31.0 Å². The van der Waals surface area contributed by atoms with E-state index in [1.807, 2.05) is 18.2 Å². The second-order valence-corrected chi connectivity index (χ2v) is 5.65. The lowest BCUT2D eigenvalue weighted by atomic mass is 10.1. The molecule has 0 aliphatic heterocycles. The molecule has 0 amide bonds. The monoisotopic (exact) mass is 360 g/mol. The van der Waals surface area contributed by atoms with Gasteiger partial charge in [-0.2, -0.15) is 0 Å². The average Bonchev–Trinajstić information content (AvgIpc) is 2.41. The minimum Gasteiger partial charge on any atom is -0.389 e. The quantitative estimate of drug-likeness (QED) is 0.496. The third-order valence-electron chi connectivity index (χ3n) is 2.71. The van der Waals surface area contributed by atoms with Gasteiger partial charge >= 0.3 is 0 Å². The van der Waals surface area contributed by atoms with Crippen molar-refractivity contribution < 1.29 is 9.47 Å². The lowest BCUT2D eigenvalue weighted by molar-refractivity contribution is 0.0691. The molecule has 0 unspecified atom stereocenters. The highest BCUT2D eigenvalue weighted by Gasteiger charge is 2.05. The fourth-order valence-corrected chi connectivity index (χ4v) is 2.21. The number of rotatable bonds is 10. The number of hydrogen-bond donors (Lipinski definition) is 2. The molecule has 1 aromatic rings. The summed E-state index contributed by atoms with van der Waals surface area (Å²) in [6, 6.07) is 5.84. The molecule has 0 fully saturated rings. The molecule has 112 valence electrons. The van der Waals surface area contributed by atoms with Gasteiger partial charge in [0, 0.05) is 36.0 Å². The Balaban J connectivity index is 2.28. The maximum atomic E-state index is 5.71. The minimum absolute atomic E-state index is 0.405. The Kier molecular flexibility index (Phi) is 8.77. The summed E-state index contributed by atoms with van der Waals surface area (Å²) in [7, 11) is 1.67. The highest BCUT2D eigenvalue weighted by atomic mass is 79.9. The number of nitrogens with one attached hydrogen (secondary N) is 1. The van der Waals surface area contributed by atoms with Gasteiger partial charge in [-0.15, -0.1) is 0 Å². The summed E-state index contributed by atoms with van der Waals surface area (Å²) in [5.74, 6) is 0. The zero-order valence-corrected chi connectivity index (χ0v) is 14.1. The fourth-order valence-electron chi connectivity index (χ4n) is 1.67. The third kappa shape index (κ3) is 6.65. The van der Waals surface area contributed by atoms with Crippen LogP contribution >= 0.6 is 28.1 Å². The summed E-state index contributed by atoms with van der Waals surface area (Å²) in [6.45, 7) is 2.92. The highest BCUT2D eigenvalue weighted by molar-refractivity contribution is 9.10. The molecule has 0 saturated carbocycles. The first-order chi connectivity index (χ1) is 9.65. The van der Waals surface area contributed by atoms with Crippen LogP contribution in [0.25, 0.3) is 0 Å². The highest BCUT2D eigenvalue weighted by Crippen LogP contribution is 2.21. The molecule has 4 nitrogen and oxygen atoms in total. The maximum absolute atomic E-state index is 5.71. The number of anilines is 1. The van der Waals surface area contributed by atoms with E-state index in [2.05, 4.69) is 21.2 Å². The second kappa shape index (κ2) is 10.1. The standard InChI is InChI=1S/C14H21BrN2O2S/c1-18-8-9-19-7-3-2-6-17-13-10-11(15)4-5-12(13)14(16)20/h4-5,10,17H,2-3,6-9H2,1H3,(H2,16,20). The van der Waals surface area contributed by atoms with Gasteiger partial charge in [0.05, 0.1) is 13.2 Å². The van der Waals surface area contributed by atoms with Crippen LogP contribution in [-0.4, -0.2) is 38.5 Å². The van der Waals surface area contributed by atoms with E-state index in [4.69, 9.17) is 27.4 Å². The average molecular weight is 361 g/mol. The van der Waals surface area contributed by atoms with Crippen LogP contribution in [0, 0.1) is 0 Å². The maximum Gasteiger partial charge on any atom is 0.106 e. The van der Waals surface area contributed by atoms with Crippen molar-refractivity contribution in [1.29, 1.82) is 0 Å². The summed E-state index contributed by atoms with van der Waals surface area (Å²) >= 11 is 8.49. The van der Waals surface area contributed by atoms with Crippen LogP contribution < -0.4 is 11.1 Å². The molecule has 20 heavy (non-hydrogen) atoms. The van der Waals surface area contributed by atoms with Crippen LogP contribution in [0.4, 0.5) is 5.69 Å². The Morgan fingerprint density at radius 1 is 1.30 bits per heavy atom. The molecule has 0 bridgehead atoms. The smallest absolute Gasteiger partial charge is 0.106 e. The molecule has 0 radical (unpaired) electrons. The summed E-state index contributed by atoms with van der Waals surface area (Å²) < 4.78 is 11.3. The predicted molar refractivity (Wildman–Crippen MR) is 90.4 cm³/mol. The van der Waals surface area contributed by atoms with Crippen molar-refractivity contribution in [3.63, 3.8) is 0 Å². The number of hydrogen-bond acceptors (Lipinski definition) is 4. The molecular weight excluding hydrogens is 340 g/mol. The van der Waals surface area contributed by atoms with E-state index in [1.165, 1.54) is 0 Å². The Hall–Kier alpha value is -0.690. The molecule has 0 atom stereocenters. The topological polar surface area (TPSA) is 56.5 Å². The van der Waals surface area contributed by atoms with Crippen LogP contribution in [0.3, 0.4) is 0 Å². The number of nitrogens with two attached hydrogens (primary N) is 1. The molecule has 0 aromatic heterocycles. The van der Waals surface area contributed by atoms with Crippen molar-refractivity contribution in [2.75, 3.05) is 38.8 Å². The summed E-state index contributed by atoms with van der Waals surface area (Å²) in [4.78, 5) is 0.405. The van der Waals surface area contributed by atoms with Gasteiger partial charge in [0.15, 0.2) is 0 Å². The van der Waals surface area contributed by atoms with Crippen molar-refractivity contribution in [2.45, 2.75) is 12.8 Å². The first-order valence-electron chi connectivity index (χ1n) is 6.55. The predicted octanol–water partition coefficient (Wildman–Crippen LogP) is 2.94. The van der Waals surface area contributed by atoms with Crippen molar-refractivity contribution in [3.8, 4) is 0 Å². The first kappa shape index (κ1) is 17.4. The molecule has 0 heterocycles. The van der Waals surface area contributed by atoms with E-state index in [0.717, 1.165) is 41.7 Å².